The number of carbonyl (C=O) groups is 1. The summed E-state index contributed by atoms with van der Waals surface area (Å²) in [6.45, 7) is 0.486. The molecule has 0 aliphatic carbocycles. The molecule has 0 saturated heterocycles. The third-order valence-electron chi connectivity index (χ3n) is 3.06. The van der Waals surface area contributed by atoms with Crippen molar-refractivity contribution in [1.29, 1.82) is 0 Å². The average molecular weight is 282 g/mol. The van der Waals surface area contributed by atoms with Crippen LogP contribution < -0.4 is 5.73 Å². The van der Waals surface area contributed by atoms with Crippen LogP contribution in [-0.2, 0) is 11.3 Å². The van der Waals surface area contributed by atoms with Gasteiger partial charge >= 0.3 is 0 Å². The second-order valence-electron chi connectivity index (χ2n) is 4.86. The smallest absolute Gasteiger partial charge is 0.246 e. The van der Waals surface area contributed by atoms with E-state index in [9.17, 15) is 9.90 Å². The molecule has 0 aliphatic rings. The molecular weight excluding hydrogens is 264 g/mol. The van der Waals surface area contributed by atoms with E-state index in [0.717, 1.165) is 11.1 Å². The zero-order valence-corrected chi connectivity index (χ0v) is 11.9. The van der Waals surface area contributed by atoms with Gasteiger partial charge in [-0.3, -0.25) is 4.79 Å². The molecule has 0 aromatic heterocycles. The number of nitrogens with two attached hydrogens (primary N) is 1. The van der Waals surface area contributed by atoms with Crippen molar-refractivity contribution in [3.8, 4) is 5.75 Å². The fraction of sp³-hybridized carbons (Fsp3) is 0.118. The molecule has 0 aliphatic heterocycles. The first kappa shape index (κ1) is 14.7. The number of likely N-dealkylation sites (N-methyl/N-ethyl adjacent to an activating group) is 1. The summed E-state index contributed by atoms with van der Waals surface area (Å²) >= 11 is 0. The first-order valence-electron chi connectivity index (χ1n) is 6.61. The SMILES string of the molecule is CN(Cc1ccc(O)cc1)C(=O)/C=C/c1cccc(N)c1. The lowest BCUT2D eigenvalue weighted by Crippen LogP contribution is -2.24. The van der Waals surface area contributed by atoms with Crippen molar-refractivity contribution in [2.75, 3.05) is 12.8 Å². The highest BCUT2D eigenvalue weighted by molar-refractivity contribution is 5.91. The molecule has 3 N–H and O–H groups in total. The molecule has 0 saturated carbocycles. The predicted molar refractivity (Wildman–Crippen MR) is 84.5 cm³/mol. The van der Waals surface area contributed by atoms with Gasteiger partial charge in [-0.1, -0.05) is 24.3 Å². The monoisotopic (exact) mass is 282 g/mol. The predicted octanol–water partition coefficient (Wildman–Crippen LogP) is 2.65. The van der Waals surface area contributed by atoms with Gasteiger partial charge in [0.1, 0.15) is 5.75 Å². The van der Waals surface area contributed by atoms with E-state index < -0.39 is 0 Å². The lowest BCUT2D eigenvalue weighted by Gasteiger charge is -2.15. The molecule has 0 atom stereocenters. The lowest BCUT2D eigenvalue weighted by molar-refractivity contribution is -0.125. The number of rotatable bonds is 4. The van der Waals surface area contributed by atoms with Gasteiger partial charge in [-0.05, 0) is 41.5 Å². The highest BCUT2D eigenvalue weighted by Gasteiger charge is 2.05. The standard InChI is InChI=1S/C17H18N2O2/c1-19(12-14-5-8-16(20)9-6-14)17(21)10-7-13-3-2-4-15(18)11-13/h2-11,20H,12,18H2,1H3/b10-7+. The van der Waals surface area contributed by atoms with Crippen LogP contribution in [0.3, 0.4) is 0 Å². The Labute approximate surface area is 124 Å². The van der Waals surface area contributed by atoms with E-state index in [1.165, 1.54) is 6.08 Å². The van der Waals surface area contributed by atoms with Gasteiger partial charge < -0.3 is 15.7 Å². The number of anilines is 1. The Hall–Kier alpha value is -2.75. The Kier molecular flexibility index (Phi) is 4.61. The molecule has 108 valence electrons. The third-order valence-corrected chi connectivity index (χ3v) is 3.06. The summed E-state index contributed by atoms with van der Waals surface area (Å²) in [7, 11) is 1.74. The Morgan fingerprint density at radius 2 is 1.95 bits per heavy atom. The molecule has 4 nitrogen and oxygen atoms in total. The van der Waals surface area contributed by atoms with Crippen LogP contribution in [0.4, 0.5) is 5.69 Å². The summed E-state index contributed by atoms with van der Waals surface area (Å²) in [6, 6.07) is 14.1. The van der Waals surface area contributed by atoms with E-state index in [1.54, 1.807) is 48.4 Å². The maximum atomic E-state index is 12.0. The molecule has 0 heterocycles. The van der Waals surface area contributed by atoms with Crippen LogP contribution in [0.1, 0.15) is 11.1 Å². The van der Waals surface area contributed by atoms with Crippen LogP contribution in [0.15, 0.2) is 54.6 Å². The molecule has 0 unspecified atom stereocenters. The van der Waals surface area contributed by atoms with Gasteiger partial charge in [-0.15, -0.1) is 0 Å². The maximum absolute atomic E-state index is 12.0. The van der Waals surface area contributed by atoms with Gasteiger partial charge in [-0.25, -0.2) is 0 Å². The van der Waals surface area contributed by atoms with Crippen molar-refractivity contribution in [1.82, 2.24) is 4.90 Å². The van der Waals surface area contributed by atoms with Crippen LogP contribution in [0, 0.1) is 0 Å². The van der Waals surface area contributed by atoms with Crippen molar-refractivity contribution >= 4 is 17.7 Å². The van der Waals surface area contributed by atoms with E-state index in [2.05, 4.69) is 0 Å². The molecular formula is C17H18N2O2. The van der Waals surface area contributed by atoms with E-state index >= 15 is 0 Å². The van der Waals surface area contributed by atoms with Crippen LogP contribution in [0.25, 0.3) is 6.08 Å². The fourth-order valence-corrected chi connectivity index (χ4v) is 1.91. The minimum Gasteiger partial charge on any atom is -0.508 e. The molecule has 21 heavy (non-hydrogen) atoms. The lowest BCUT2D eigenvalue weighted by atomic mass is 10.2. The average Bonchev–Trinajstić information content (AvgIpc) is 2.47. The van der Waals surface area contributed by atoms with E-state index in [-0.39, 0.29) is 11.7 Å². The van der Waals surface area contributed by atoms with Crippen molar-refractivity contribution in [3.63, 3.8) is 0 Å². The van der Waals surface area contributed by atoms with Crippen molar-refractivity contribution in [2.45, 2.75) is 6.54 Å². The summed E-state index contributed by atoms with van der Waals surface area (Å²) in [6.07, 6.45) is 3.27. The number of benzene rings is 2. The summed E-state index contributed by atoms with van der Waals surface area (Å²) in [5.41, 5.74) is 8.21. The van der Waals surface area contributed by atoms with Crippen molar-refractivity contribution < 1.29 is 9.90 Å². The summed E-state index contributed by atoms with van der Waals surface area (Å²) in [4.78, 5) is 13.6. The van der Waals surface area contributed by atoms with E-state index in [4.69, 9.17) is 5.73 Å². The fourth-order valence-electron chi connectivity index (χ4n) is 1.91. The van der Waals surface area contributed by atoms with Crippen molar-refractivity contribution in [2.24, 2.45) is 0 Å². The van der Waals surface area contributed by atoms with Gasteiger partial charge in [0.2, 0.25) is 5.91 Å². The molecule has 0 fully saturated rings. The Balaban J connectivity index is 1.97. The Morgan fingerprint density at radius 1 is 1.24 bits per heavy atom. The molecule has 0 spiro atoms. The zero-order valence-electron chi connectivity index (χ0n) is 11.9. The normalized spacial score (nSPS) is 10.7. The number of carbonyl (C=O) groups excluding carboxylic acids is 1. The highest BCUT2D eigenvalue weighted by atomic mass is 16.3. The van der Waals surface area contributed by atoms with Crippen LogP contribution >= 0.6 is 0 Å². The number of nitrogen functional groups attached to an aromatic ring is 1. The molecule has 1 amide bonds. The first-order chi connectivity index (χ1) is 10.0. The first-order valence-corrected chi connectivity index (χ1v) is 6.61. The largest absolute Gasteiger partial charge is 0.508 e. The molecule has 2 rings (SSSR count). The van der Waals surface area contributed by atoms with Crippen molar-refractivity contribution in [3.05, 3.63) is 65.7 Å². The minimum absolute atomic E-state index is 0.0921. The number of hydrogen-bond donors (Lipinski definition) is 2. The maximum Gasteiger partial charge on any atom is 0.246 e. The van der Waals surface area contributed by atoms with E-state index in [0.29, 0.717) is 12.2 Å². The second-order valence-corrected chi connectivity index (χ2v) is 4.86. The Morgan fingerprint density at radius 3 is 2.62 bits per heavy atom. The summed E-state index contributed by atoms with van der Waals surface area (Å²) in [5.74, 6) is 0.125. The number of nitrogens with zero attached hydrogens (tertiary/aromatic N) is 1. The van der Waals surface area contributed by atoms with Gasteiger partial charge in [0.25, 0.3) is 0 Å². The number of aromatic hydroxyl groups is 1. The third kappa shape index (κ3) is 4.38. The van der Waals surface area contributed by atoms with Gasteiger partial charge in [0.15, 0.2) is 0 Å². The minimum atomic E-state index is -0.0921. The molecule has 4 heteroatoms. The highest BCUT2D eigenvalue weighted by Crippen LogP contribution is 2.12. The number of phenols is 1. The summed E-state index contributed by atoms with van der Waals surface area (Å²) < 4.78 is 0. The van der Waals surface area contributed by atoms with E-state index in [1.807, 2.05) is 18.2 Å². The molecule has 2 aromatic rings. The second kappa shape index (κ2) is 6.61. The van der Waals surface area contributed by atoms with Crippen LogP contribution in [-0.4, -0.2) is 23.0 Å². The zero-order chi connectivity index (χ0) is 15.2. The summed E-state index contributed by atoms with van der Waals surface area (Å²) in [5, 5.41) is 9.23. The molecule has 0 radical (unpaired) electrons. The Bertz CT molecular complexity index is 648. The number of phenolic OH excluding ortho intramolecular Hbond substituents is 1. The molecule has 2 aromatic carbocycles. The van der Waals surface area contributed by atoms with Gasteiger partial charge in [0, 0.05) is 25.4 Å². The molecule has 0 bridgehead atoms. The van der Waals surface area contributed by atoms with Crippen LogP contribution in [0.5, 0.6) is 5.75 Å². The van der Waals surface area contributed by atoms with Gasteiger partial charge in [-0.2, -0.15) is 0 Å². The van der Waals surface area contributed by atoms with Gasteiger partial charge in [0.05, 0.1) is 0 Å². The number of amides is 1. The van der Waals surface area contributed by atoms with Crippen LogP contribution in [0.2, 0.25) is 0 Å². The quantitative estimate of drug-likeness (QED) is 0.669. The topological polar surface area (TPSA) is 66.6 Å². The number of hydrogen-bond acceptors (Lipinski definition) is 3.